The average molecular weight is 483 g/mol. The lowest BCUT2D eigenvalue weighted by Gasteiger charge is -2.20. The highest BCUT2D eigenvalue weighted by atomic mass is 35.5. The van der Waals surface area contributed by atoms with Crippen molar-refractivity contribution in [1.29, 1.82) is 0 Å². The van der Waals surface area contributed by atoms with E-state index in [-0.39, 0.29) is 26.2 Å². The van der Waals surface area contributed by atoms with Gasteiger partial charge in [0.25, 0.3) is 15.9 Å². The number of amides is 1. The third-order valence-electron chi connectivity index (χ3n) is 4.45. The van der Waals surface area contributed by atoms with E-state index in [1.165, 1.54) is 44.5 Å². The number of ether oxygens (including phenoxy) is 1. The Bertz CT molecular complexity index is 1230. The molecule has 0 aliphatic heterocycles. The van der Waals surface area contributed by atoms with Crippen molar-refractivity contribution in [2.45, 2.75) is 4.90 Å². The predicted octanol–water partition coefficient (Wildman–Crippen LogP) is 5.22. The van der Waals surface area contributed by atoms with E-state index in [1.807, 2.05) is 0 Å². The van der Waals surface area contributed by atoms with Gasteiger partial charge in [0.1, 0.15) is 11.6 Å². The molecule has 0 saturated carbocycles. The van der Waals surface area contributed by atoms with E-state index < -0.39 is 21.7 Å². The second kappa shape index (κ2) is 9.13. The van der Waals surface area contributed by atoms with Crippen LogP contribution in [-0.4, -0.2) is 28.5 Å². The summed E-state index contributed by atoms with van der Waals surface area (Å²) < 4.78 is 45.6. The Kier molecular flexibility index (Phi) is 6.74. The minimum Gasteiger partial charge on any atom is -0.497 e. The molecule has 0 unspecified atom stereocenters. The zero-order valence-corrected chi connectivity index (χ0v) is 18.7. The van der Waals surface area contributed by atoms with Gasteiger partial charge in [0.2, 0.25) is 0 Å². The number of benzene rings is 3. The minimum absolute atomic E-state index is 0.0526. The maximum atomic E-state index is 13.3. The van der Waals surface area contributed by atoms with Crippen LogP contribution in [0.1, 0.15) is 10.4 Å². The fourth-order valence-electron chi connectivity index (χ4n) is 2.70. The first-order chi connectivity index (χ1) is 14.6. The van der Waals surface area contributed by atoms with E-state index in [0.717, 1.165) is 10.4 Å². The van der Waals surface area contributed by atoms with Crippen molar-refractivity contribution in [2.24, 2.45) is 0 Å². The molecule has 162 valence electrons. The molecule has 3 aromatic carbocycles. The lowest BCUT2D eigenvalue weighted by Crippen LogP contribution is -2.27. The van der Waals surface area contributed by atoms with Crippen LogP contribution in [0.5, 0.6) is 5.75 Å². The number of hydrogen-bond acceptors (Lipinski definition) is 4. The Morgan fingerprint density at radius 2 is 1.68 bits per heavy atom. The number of nitrogens with zero attached hydrogens (tertiary/aromatic N) is 1. The third kappa shape index (κ3) is 4.92. The lowest BCUT2D eigenvalue weighted by atomic mass is 10.2. The van der Waals surface area contributed by atoms with Gasteiger partial charge in [-0.2, -0.15) is 0 Å². The molecule has 0 spiro atoms. The van der Waals surface area contributed by atoms with Crippen LogP contribution in [0, 0.1) is 5.82 Å². The summed E-state index contributed by atoms with van der Waals surface area (Å²) in [5.41, 5.74) is 0.574. The van der Waals surface area contributed by atoms with Crippen molar-refractivity contribution in [1.82, 2.24) is 0 Å². The smallest absolute Gasteiger partial charge is 0.264 e. The standard InChI is InChI=1S/C21H17Cl2FN2O4S/c1-26(14-4-6-15(30-2)7-5-14)31(28,29)16-8-9-18(22)17(12-16)21(27)25-13-3-10-20(24)19(23)11-13/h3-12H,1-2H3,(H,25,27). The Balaban J connectivity index is 1.91. The maximum Gasteiger partial charge on any atom is 0.264 e. The van der Waals surface area contributed by atoms with Gasteiger partial charge in [-0.1, -0.05) is 23.2 Å². The van der Waals surface area contributed by atoms with Crippen LogP contribution >= 0.6 is 23.2 Å². The van der Waals surface area contributed by atoms with Crippen molar-refractivity contribution in [3.05, 3.63) is 82.1 Å². The zero-order valence-electron chi connectivity index (χ0n) is 16.4. The molecule has 0 aliphatic rings. The highest BCUT2D eigenvalue weighted by Gasteiger charge is 2.24. The van der Waals surface area contributed by atoms with E-state index in [4.69, 9.17) is 27.9 Å². The molecular weight excluding hydrogens is 466 g/mol. The van der Waals surface area contributed by atoms with Gasteiger partial charge in [0.15, 0.2) is 0 Å². The molecule has 6 nitrogen and oxygen atoms in total. The predicted molar refractivity (Wildman–Crippen MR) is 119 cm³/mol. The van der Waals surface area contributed by atoms with Crippen molar-refractivity contribution in [3.63, 3.8) is 0 Å². The summed E-state index contributed by atoms with van der Waals surface area (Å²) in [7, 11) is -1.08. The molecule has 0 atom stereocenters. The van der Waals surface area contributed by atoms with Crippen LogP contribution < -0.4 is 14.4 Å². The minimum atomic E-state index is -3.99. The number of hydrogen-bond donors (Lipinski definition) is 1. The summed E-state index contributed by atoms with van der Waals surface area (Å²) >= 11 is 11.9. The van der Waals surface area contributed by atoms with Crippen molar-refractivity contribution < 1.29 is 22.3 Å². The molecule has 3 rings (SSSR count). The van der Waals surface area contributed by atoms with Crippen molar-refractivity contribution >= 4 is 50.5 Å². The molecule has 0 aliphatic carbocycles. The largest absolute Gasteiger partial charge is 0.497 e. The van der Waals surface area contributed by atoms with E-state index in [9.17, 15) is 17.6 Å². The van der Waals surface area contributed by atoms with Gasteiger partial charge < -0.3 is 10.1 Å². The van der Waals surface area contributed by atoms with Gasteiger partial charge in [-0.15, -0.1) is 0 Å². The fourth-order valence-corrected chi connectivity index (χ4v) is 4.31. The monoisotopic (exact) mass is 482 g/mol. The number of halogens is 3. The fraction of sp³-hybridized carbons (Fsp3) is 0.0952. The number of methoxy groups -OCH3 is 1. The van der Waals surface area contributed by atoms with Crippen LogP contribution in [0.15, 0.2) is 65.6 Å². The number of rotatable bonds is 6. The third-order valence-corrected chi connectivity index (χ3v) is 6.86. The van der Waals surface area contributed by atoms with E-state index in [1.54, 1.807) is 24.3 Å². The van der Waals surface area contributed by atoms with Crippen molar-refractivity contribution in [2.75, 3.05) is 23.8 Å². The SMILES string of the molecule is COc1ccc(N(C)S(=O)(=O)c2ccc(Cl)c(C(=O)Nc3ccc(F)c(Cl)c3)c2)cc1. The summed E-state index contributed by atoms with van der Waals surface area (Å²) in [6, 6.07) is 13.9. The average Bonchev–Trinajstić information content (AvgIpc) is 2.76. The Hall–Kier alpha value is -2.81. The number of anilines is 2. The molecule has 0 saturated heterocycles. The van der Waals surface area contributed by atoms with Gasteiger partial charge in [-0.05, 0) is 60.7 Å². The molecular formula is C21H17Cl2FN2O4S. The molecule has 3 aromatic rings. The summed E-state index contributed by atoms with van der Waals surface area (Å²) in [5, 5.41) is 2.41. The highest BCUT2D eigenvalue weighted by Crippen LogP contribution is 2.28. The molecule has 0 fully saturated rings. The first-order valence-corrected chi connectivity index (χ1v) is 11.0. The van der Waals surface area contributed by atoms with Crippen LogP contribution in [0.2, 0.25) is 10.0 Å². The quantitative estimate of drug-likeness (QED) is 0.522. The lowest BCUT2D eigenvalue weighted by molar-refractivity contribution is 0.102. The number of sulfonamides is 1. The molecule has 0 bridgehead atoms. The zero-order chi connectivity index (χ0) is 22.8. The van der Waals surface area contributed by atoms with E-state index in [0.29, 0.717) is 11.4 Å². The normalized spacial score (nSPS) is 11.1. The summed E-state index contributed by atoms with van der Waals surface area (Å²) in [6.45, 7) is 0. The van der Waals surface area contributed by atoms with E-state index >= 15 is 0 Å². The van der Waals surface area contributed by atoms with Gasteiger partial charge in [0.05, 0.1) is 33.3 Å². The molecule has 0 radical (unpaired) electrons. The molecule has 1 N–H and O–H groups in total. The van der Waals surface area contributed by atoms with Gasteiger partial charge in [-0.25, -0.2) is 12.8 Å². The molecule has 0 aromatic heterocycles. The molecule has 0 heterocycles. The number of carbonyl (C=O) groups is 1. The summed E-state index contributed by atoms with van der Waals surface area (Å²) in [5.74, 6) is -0.718. The van der Waals surface area contributed by atoms with Gasteiger partial charge in [0, 0.05) is 12.7 Å². The van der Waals surface area contributed by atoms with Crippen LogP contribution in [0.4, 0.5) is 15.8 Å². The Morgan fingerprint density at radius 1 is 1.00 bits per heavy atom. The van der Waals surface area contributed by atoms with Crippen molar-refractivity contribution in [3.8, 4) is 5.75 Å². The molecule has 10 heteroatoms. The first kappa shape index (κ1) is 22.9. The number of carbonyl (C=O) groups excluding carboxylic acids is 1. The Labute approximate surface area is 189 Å². The van der Waals surface area contributed by atoms with Gasteiger partial charge >= 0.3 is 0 Å². The first-order valence-electron chi connectivity index (χ1n) is 8.82. The van der Waals surface area contributed by atoms with Crippen LogP contribution in [0.3, 0.4) is 0 Å². The molecule has 31 heavy (non-hydrogen) atoms. The topological polar surface area (TPSA) is 75.7 Å². The molecule has 1 amide bonds. The summed E-state index contributed by atoms with van der Waals surface area (Å²) in [6.07, 6.45) is 0. The second-order valence-electron chi connectivity index (χ2n) is 6.40. The van der Waals surface area contributed by atoms with Gasteiger partial charge in [-0.3, -0.25) is 9.10 Å². The highest BCUT2D eigenvalue weighted by molar-refractivity contribution is 7.92. The maximum absolute atomic E-state index is 13.3. The van der Waals surface area contributed by atoms with Crippen LogP contribution in [-0.2, 0) is 10.0 Å². The number of nitrogens with one attached hydrogen (secondary N) is 1. The van der Waals surface area contributed by atoms with Crippen LogP contribution in [0.25, 0.3) is 0 Å². The van der Waals surface area contributed by atoms with E-state index in [2.05, 4.69) is 5.32 Å². The Morgan fingerprint density at radius 3 is 2.29 bits per heavy atom. The second-order valence-corrected chi connectivity index (χ2v) is 9.18. The summed E-state index contributed by atoms with van der Waals surface area (Å²) in [4.78, 5) is 12.5.